The largest absolute Gasteiger partial charge is 0.340 e. The molecule has 0 aromatic rings. The number of rotatable bonds is 11. The predicted octanol–water partition coefficient (Wildman–Crippen LogP) is 1.89. The van der Waals surface area contributed by atoms with Crippen LogP contribution in [0.1, 0.15) is 34.1 Å². The topological polar surface area (TPSA) is 49.6 Å². The number of carbonyl (C=O) groups excluding carboxylic acids is 1. The SMILES string of the molecule is CCN(CC)CCN(CC(C)C)C(=O)[C@@H](N)CCSC. The van der Waals surface area contributed by atoms with Gasteiger partial charge in [-0.2, -0.15) is 11.8 Å². The third-order valence-corrected chi connectivity index (χ3v) is 4.07. The molecule has 20 heavy (non-hydrogen) atoms. The Bertz CT molecular complexity index is 258. The van der Waals surface area contributed by atoms with Crippen molar-refractivity contribution in [1.29, 1.82) is 0 Å². The van der Waals surface area contributed by atoms with Gasteiger partial charge in [0.05, 0.1) is 6.04 Å². The third-order valence-electron chi connectivity index (χ3n) is 3.43. The van der Waals surface area contributed by atoms with E-state index < -0.39 is 0 Å². The highest BCUT2D eigenvalue weighted by Crippen LogP contribution is 2.06. The van der Waals surface area contributed by atoms with Gasteiger partial charge in [0.1, 0.15) is 0 Å². The van der Waals surface area contributed by atoms with Crippen LogP contribution in [0.3, 0.4) is 0 Å². The molecule has 1 amide bonds. The molecule has 0 spiro atoms. The summed E-state index contributed by atoms with van der Waals surface area (Å²) in [6.45, 7) is 13.2. The summed E-state index contributed by atoms with van der Waals surface area (Å²) in [6.07, 6.45) is 2.81. The third kappa shape index (κ3) is 8.12. The van der Waals surface area contributed by atoms with Crippen LogP contribution in [0.2, 0.25) is 0 Å². The molecule has 0 rings (SSSR count). The van der Waals surface area contributed by atoms with Gasteiger partial charge >= 0.3 is 0 Å². The molecule has 0 aliphatic rings. The van der Waals surface area contributed by atoms with Crippen molar-refractivity contribution in [3.63, 3.8) is 0 Å². The van der Waals surface area contributed by atoms with Crippen LogP contribution in [0.25, 0.3) is 0 Å². The molecule has 120 valence electrons. The van der Waals surface area contributed by atoms with Gasteiger partial charge in [-0.05, 0) is 37.4 Å². The lowest BCUT2D eigenvalue weighted by atomic mass is 10.1. The number of likely N-dealkylation sites (N-methyl/N-ethyl adjacent to an activating group) is 1. The van der Waals surface area contributed by atoms with Crippen LogP contribution < -0.4 is 5.73 Å². The minimum atomic E-state index is -0.349. The van der Waals surface area contributed by atoms with Gasteiger partial charge in [0, 0.05) is 19.6 Å². The van der Waals surface area contributed by atoms with Crippen LogP contribution in [0.15, 0.2) is 0 Å². The average molecular weight is 304 g/mol. The monoisotopic (exact) mass is 303 g/mol. The summed E-state index contributed by atoms with van der Waals surface area (Å²) in [5.74, 6) is 1.53. The Hall–Kier alpha value is -0.260. The van der Waals surface area contributed by atoms with Crippen molar-refractivity contribution in [3.05, 3.63) is 0 Å². The van der Waals surface area contributed by atoms with Crippen LogP contribution in [0.4, 0.5) is 0 Å². The molecule has 0 saturated carbocycles. The van der Waals surface area contributed by atoms with E-state index in [2.05, 4.69) is 32.6 Å². The Kier molecular flexibility index (Phi) is 11.3. The van der Waals surface area contributed by atoms with Crippen LogP contribution in [-0.4, -0.2) is 66.5 Å². The van der Waals surface area contributed by atoms with Crippen LogP contribution in [0, 0.1) is 5.92 Å². The maximum absolute atomic E-state index is 12.4. The van der Waals surface area contributed by atoms with Crippen LogP contribution in [0.5, 0.6) is 0 Å². The van der Waals surface area contributed by atoms with Crippen LogP contribution in [-0.2, 0) is 4.79 Å². The summed E-state index contributed by atoms with van der Waals surface area (Å²) in [5, 5.41) is 0. The van der Waals surface area contributed by atoms with Crippen LogP contribution >= 0.6 is 11.8 Å². The molecule has 0 aromatic heterocycles. The van der Waals surface area contributed by atoms with Crippen molar-refractivity contribution in [2.45, 2.75) is 40.2 Å². The molecular formula is C15H33N3OS. The highest BCUT2D eigenvalue weighted by molar-refractivity contribution is 7.98. The number of amides is 1. The van der Waals surface area contributed by atoms with Crippen molar-refractivity contribution in [2.24, 2.45) is 11.7 Å². The minimum Gasteiger partial charge on any atom is -0.340 e. The molecule has 0 bridgehead atoms. The smallest absolute Gasteiger partial charge is 0.239 e. The lowest BCUT2D eigenvalue weighted by Gasteiger charge is -2.29. The Labute approximate surface area is 129 Å². The Morgan fingerprint density at radius 2 is 1.80 bits per heavy atom. The van der Waals surface area contributed by atoms with Gasteiger partial charge in [-0.3, -0.25) is 4.79 Å². The first-order chi connectivity index (χ1) is 9.46. The zero-order chi connectivity index (χ0) is 15.5. The van der Waals surface area contributed by atoms with Gasteiger partial charge in [-0.15, -0.1) is 0 Å². The van der Waals surface area contributed by atoms with Crippen molar-refractivity contribution in [1.82, 2.24) is 9.80 Å². The maximum atomic E-state index is 12.4. The summed E-state index contributed by atoms with van der Waals surface area (Å²) < 4.78 is 0. The highest BCUT2D eigenvalue weighted by Gasteiger charge is 2.21. The average Bonchev–Trinajstić information content (AvgIpc) is 2.43. The molecule has 0 radical (unpaired) electrons. The van der Waals surface area contributed by atoms with Gasteiger partial charge in [0.15, 0.2) is 0 Å². The van der Waals surface area contributed by atoms with E-state index in [0.717, 1.165) is 44.9 Å². The van der Waals surface area contributed by atoms with Gasteiger partial charge in [-0.1, -0.05) is 27.7 Å². The molecular weight excluding hydrogens is 270 g/mol. The first-order valence-corrected chi connectivity index (χ1v) is 9.11. The minimum absolute atomic E-state index is 0.111. The van der Waals surface area contributed by atoms with E-state index in [0.29, 0.717) is 5.92 Å². The fraction of sp³-hybridized carbons (Fsp3) is 0.933. The molecule has 4 nitrogen and oxygen atoms in total. The molecule has 0 heterocycles. The Morgan fingerprint density at radius 1 is 1.20 bits per heavy atom. The highest BCUT2D eigenvalue weighted by atomic mass is 32.2. The van der Waals surface area contributed by atoms with E-state index >= 15 is 0 Å². The second-order valence-electron chi connectivity index (χ2n) is 5.59. The van der Waals surface area contributed by atoms with E-state index in [1.54, 1.807) is 11.8 Å². The molecule has 0 aliphatic heterocycles. The molecule has 5 heteroatoms. The number of nitrogens with zero attached hydrogens (tertiary/aromatic N) is 2. The Morgan fingerprint density at radius 3 is 2.25 bits per heavy atom. The Balaban J connectivity index is 4.49. The number of thioether (sulfide) groups is 1. The molecule has 0 aliphatic carbocycles. The number of hydrogen-bond donors (Lipinski definition) is 1. The van der Waals surface area contributed by atoms with Gasteiger partial charge in [0.2, 0.25) is 5.91 Å². The number of carbonyl (C=O) groups is 1. The second kappa shape index (κ2) is 11.4. The quantitative estimate of drug-likeness (QED) is 0.633. The first-order valence-electron chi connectivity index (χ1n) is 7.71. The van der Waals surface area contributed by atoms with E-state index in [1.807, 2.05) is 11.2 Å². The van der Waals surface area contributed by atoms with Gasteiger partial charge in [-0.25, -0.2) is 0 Å². The second-order valence-corrected chi connectivity index (χ2v) is 6.58. The molecule has 0 fully saturated rings. The molecule has 0 unspecified atom stereocenters. The maximum Gasteiger partial charge on any atom is 0.239 e. The first kappa shape index (κ1) is 19.7. The summed E-state index contributed by atoms with van der Waals surface area (Å²) in [5.41, 5.74) is 6.03. The number of hydrogen-bond acceptors (Lipinski definition) is 4. The molecule has 0 saturated heterocycles. The van der Waals surface area contributed by atoms with Gasteiger partial charge < -0.3 is 15.5 Å². The standard InChI is InChI=1S/C15H33N3OS/c1-6-17(7-2)9-10-18(12-13(3)4)15(19)14(16)8-11-20-5/h13-14H,6-12,16H2,1-5H3/t14-/m0/s1. The fourth-order valence-corrected chi connectivity index (χ4v) is 2.63. The van der Waals surface area contributed by atoms with Crippen molar-refractivity contribution in [3.8, 4) is 0 Å². The lowest BCUT2D eigenvalue weighted by Crippen LogP contribution is -2.48. The summed E-state index contributed by atoms with van der Waals surface area (Å²) in [7, 11) is 0. The molecule has 1 atom stereocenters. The van der Waals surface area contributed by atoms with E-state index in [-0.39, 0.29) is 11.9 Å². The zero-order valence-electron chi connectivity index (χ0n) is 13.9. The van der Waals surface area contributed by atoms with E-state index in [4.69, 9.17) is 5.73 Å². The number of nitrogens with two attached hydrogens (primary N) is 1. The zero-order valence-corrected chi connectivity index (χ0v) is 14.7. The van der Waals surface area contributed by atoms with Crippen molar-refractivity contribution >= 4 is 17.7 Å². The van der Waals surface area contributed by atoms with Crippen molar-refractivity contribution < 1.29 is 4.79 Å². The van der Waals surface area contributed by atoms with Crippen molar-refractivity contribution in [2.75, 3.05) is 44.7 Å². The molecule has 2 N–H and O–H groups in total. The summed E-state index contributed by atoms with van der Waals surface area (Å²) in [6, 6.07) is -0.349. The molecule has 0 aromatic carbocycles. The predicted molar refractivity (Wildman–Crippen MR) is 90.2 cm³/mol. The van der Waals surface area contributed by atoms with Gasteiger partial charge in [0.25, 0.3) is 0 Å². The lowest BCUT2D eigenvalue weighted by molar-refractivity contribution is -0.133. The normalized spacial score (nSPS) is 13.0. The summed E-state index contributed by atoms with van der Waals surface area (Å²) in [4.78, 5) is 16.7. The summed E-state index contributed by atoms with van der Waals surface area (Å²) >= 11 is 1.74. The van der Waals surface area contributed by atoms with E-state index in [1.165, 1.54) is 0 Å². The van der Waals surface area contributed by atoms with E-state index in [9.17, 15) is 4.79 Å². The fourth-order valence-electron chi connectivity index (χ4n) is 2.14.